The van der Waals surface area contributed by atoms with Crippen molar-refractivity contribution >= 4 is 63.8 Å². The minimum absolute atomic E-state index is 0.166. The van der Waals surface area contributed by atoms with Gasteiger partial charge in [-0.3, -0.25) is 14.9 Å². The molecule has 1 heterocycles. The van der Waals surface area contributed by atoms with Crippen molar-refractivity contribution in [1.82, 2.24) is 5.32 Å². The molecule has 0 atom stereocenters. The summed E-state index contributed by atoms with van der Waals surface area (Å²) < 4.78 is 12.6. The largest absolute Gasteiger partial charge is 0.490 e. The maximum Gasteiger partial charge on any atom is 0.335 e. The Morgan fingerprint density at radius 3 is 2.47 bits per heavy atom. The van der Waals surface area contributed by atoms with Crippen LogP contribution in [0.25, 0.3) is 6.08 Å². The van der Waals surface area contributed by atoms with E-state index in [-0.39, 0.29) is 12.2 Å². The minimum Gasteiger partial charge on any atom is -0.490 e. The van der Waals surface area contributed by atoms with E-state index in [1.54, 1.807) is 49.4 Å². The Balaban J connectivity index is 1.68. The number of ether oxygens (including phenoxy) is 2. The molecule has 0 radical (unpaired) electrons. The highest BCUT2D eigenvalue weighted by atomic mass is 127. The number of aryl methyl sites for hydroxylation is 1. The number of barbiturate groups is 1. The van der Waals surface area contributed by atoms with Crippen LogP contribution in [0.4, 0.5) is 10.5 Å². The van der Waals surface area contributed by atoms with E-state index in [1.807, 2.05) is 25.1 Å². The van der Waals surface area contributed by atoms with Gasteiger partial charge in [-0.05, 0) is 77.9 Å². The van der Waals surface area contributed by atoms with Crippen molar-refractivity contribution in [3.05, 3.63) is 91.5 Å². The summed E-state index contributed by atoms with van der Waals surface area (Å²) in [6, 6.07) is 17.0. The van der Waals surface area contributed by atoms with Gasteiger partial charge in [0.15, 0.2) is 11.5 Å². The van der Waals surface area contributed by atoms with Crippen LogP contribution in [-0.4, -0.2) is 24.5 Å². The van der Waals surface area contributed by atoms with Crippen LogP contribution in [-0.2, 0) is 16.2 Å². The third kappa shape index (κ3) is 5.39. The van der Waals surface area contributed by atoms with Gasteiger partial charge < -0.3 is 9.47 Å². The molecule has 1 saturated heterocycles. The molecule has 1 aliphatic rings. The lowest BCUT2D eigenvalue weighted by Crippen LogP contribution is -2.54. The van der Waals surface area contributed by atoms with E-state index in [1.165, 1.54) is 6.08 Å². The summed E-state index contributed by atoms with van der Waals surface area (Å²) in [5.74, 6) is -0.485. The fraction of sp³-hybridized carbons (Fsp3) is 0.148. The van der Waals surface area contributed by atoms with Gasteiger partial charge in [-0.2, -0.15) is 0 Å². The van der Waals surface area contributed by atoms with Crippen molar-refractivity contribution in [2.45, 2.75) is 20.5 Å². The first-order valence-electron chi connectivity index (χ1n) is 11.1. The van der Waals surface area contributed by atoms with Gasteiger partial charge in [-0.15, -0.1) is 0 Å². The molecule has 9 heteroatoms. The first-order chi connectivity index (χ1) is 17.3. The molecular weight excluding hydrogens is 595 g/mol. The summed E-state index contributed by atoms with van der Waals surface area (Å²) in [5, 5.41) is 2.85. The number of imide groups is 2. The number of anilines is 1. The lowest BCUT2D eigenvalue weighted by molar-refractivity contribution is -0.122. The van der Waals surface area contributed by atoms with Crippen LogP contribution in [0.1, 0.15) is 23.6 Å². The molecule has 0 unspecified atom stereocenters. The average molecular weight is 617 g/mol. The molecule has 1 N–H and O–H groups in total. The van der Waals surface area contributed by atoms with Crippen molar-refractivity contribution < 1.29 is 23.9 Å². The summed E-state index contributed by atoms with van der Waals surface area (Å²) in [4.78, 5) is 39.4. The third-order valence-electron chi connectivity index (χ3n) is 5.43. The Bertz CT molecular complexity index is 1390. The Morgan fingerprint density at radius 1 is 1.03 bits per heavy atom. The zero-order valence-electron chi connectivity index (χ0n) is 19.5. The van der Waals surface area contributed by atoms with Crippen molar-refractivity contribution in [1.29, 1.82) is 0 Å². The van der Waals surface area contributed by atoms with Crippen LogP contribution in [0.15, 0.2) is 66.2 Å². The highest BCUT2D eigenvalue weighted by Crippen LogP contribution is 2.36. The molecule has 0 spiro atoms. The van der Waals surface area contributed by atoms with Crippen molar-refractivity contribution in [3.8, 4) is 11.5 Å². The molecular formula is C27H22ClIN2O5. The molecule has 0 aromatic heterocycles. The highest BCUT2D eigenvalue weighted by molar-refractivity contribution is 14.1. The number of nitrogens with zero attached hydrogens (tertiary/aromatic N) is 1. The lowest BCUT2D eigenvalue weighted by Gasteiger charge is -2.27. The van der Waals surface area contributed by atoms with Crippen LogP contribution in [0.3, 0.4) is 0 Å². The Morgan fingerprint density at radius 2 is 1.75 bits per heavy atom. The maximum absolute atomic E-state index is 13.3. The molecule has 0 saturated carbocycles. The van der Waals surface area contributed by atoms with E-state index in [2.05, 4.69) is 27.9 Å². The van der Waals surface area contributed by atoms with Crippen LogP contribution < -0.4 is 19.7 Å². The second-order valence-corrected chi connectivity index (χ2v) is 9.46. The number of nitrogens with one attached hydrogen (secondary N) is 1. The standard InChI is InChI=1S/C27H22ClIN2O5/c1-3-35-23-14-17(13-21(29)24(23)36-15-18-9-5-6-10-20(18)28)12-19-25(32)30-27(34)31(26(19)33)22-11-7-4-8-16(22)2/h4-14H,3,15H2,1-2H3,(H,30,32,34)/b19-12+. The van der Waals surface area contributed by atoms with Crippen molar-refractivity contribution in [2.75, 3.05) is 11.5 Å². The monoisotopic (exact) mass is 616 g/mol. The highest BCUT2D eigenvalue weighted by Gasteiger charge is 2.37. The molecule has 0 aliphatic carbocycles. The number of rotatable bonds is 7. The van der Waals surface area contributed by atoms with Gasteiger partial charge in [0.1, 0.15) is 12.2 Å². The van der Waals surface area contributed by atoms with Gasteiger partial charge in [0.25, 0.3) is 11.8 Å². The number of hydrogen-bond acceptors (Lipinski definition) is 5. The second-order valence-electron chi connectivity index (χ2n) is 7.89. The van der Waals surface area contributed by atoms with Crippen LogP contribution >= 0.6 is 34.2 Å². The first kappa shape index (κ1) is 25.7. The topological polar surface area (TPSA) is 84.9 Å². The molecule has 4 rings (SSSR count). The molecule has 0 bridgehead atoms. The van der Waals surface area contributed by atoms with Crippen LogP contribution in [0, 0.1) is 10.5 Å². The van der Waals surface area contributed by atoms with Gasteiger partial charge in [0.2, 0.25) is 0 Å². The molecule has 1 aliphatic heterocycles. The SMILES string of the molecule is CCOc1cc(/C=C2\C(=O)NC(=O)N(c3ccccc3C)C2=O)cc(I)c1OCc1ccccc1Cl. The minimum atomic E-state index is -0.788. The van der Waals surface area contributed by atoms with Crippen LogP contribution in [0.2, 0.25) is 5.02 Å². The fourth-order valence-corrected chi connectivity index (χ4v) is 4.67. The molecule has 184 valence electrons. The Kier molecular flexibility index (Phi) is 7.95. The smallest absolute Gasteiger partial charge is 0.335 e. The number of benzene rings is 3. The van der Waals surface area contributed by atoms with E-state index in [0.29, 0.717) is 37.9 Å². The summed E-state index contributed by atoms with van der Waals surface area (Å²) in [5.41, 5.74) is 2.34. The van der Waals surface area contributed by atoms with E-state index < -0.39 is 17.8 Å². The van der Waals surface area contributed by atoms with Crippen molar-refractivity contribution in [2.24, 2.45) is 0 Å². The summed E-state index contributed by atoms with van der Waals surface area (Å²) in [7, 11) is 0. The average Bonchev–Trinajstić information content (AvgIpc) is 2.83. The number of hydrogen-bond donors (Lipinski definition) is 1. The third-order valence-corrected chi connectivity index (χ3v) is 6.60. The first-order valence-corrected chi connectivity index (χ1v) is 12.6. The predicted molar refractivity (Wildman–Crippen MR) is 146 cm³/mol. The van der Waals surface area contributed by atoms with Gasteiger partial charge in [0.05, 0.1) is 15.9 Å². The molecule has 36 heavy (non-hydrogen) atoms. The Labute approximate surface area is 227 Å². The molecule has 1 fully saturated rings. The normalized spacial score (nSPS) is 14.7. The van der Waals surface area contributed by atoms with Gasteiger partial charge in [0, 0.05) is 10.6 Å². The molecule has 7 nitrogen and oxygen atoms in total. The predicted octanol–water partition coefficient (Wildman–Crippen LogP) is 5.90. The maximum atomic E-state index is 13.3. The number of urea groups is 1. The molecule has 4 amide bonds. The quantitative estimate of drug-likeness (QED) is 0.203. The van der Waals surface area contributed by atoms with E-state index in [9.17, 15) is 14.4 Å². The summed E-state index contributed by atoms with van der Waals surface area (Å²) in [6.45, 7) is 4.26. The number of carbonyl (C=O) groups excluding carboxylic acids is 3. The van der Waals surface area contributed by atoms with E-state index >= 15 is 0 Å². The van der Waals surface area contributed by atoms with Gasteiger partial charge >= 0.3 is 6.03 Å². The number of carbonyl (C=O) groups is 3. The van der Waals surface area contributed by atoms with Crippen molar-refractivity contribution in [3.63, 3.8) is 0 Å². The molecule has 3 aromatic rings. The van der Waals surface area contributed by atoms with Crippen LogP contribution in [0.5, 0.6) is 11.5 Å². The summed E-state index contributed by atoms with van der Waals surface area (Å²) >= 11 is 8.36. The zero-order chi connectivity index (χ0) is 25.8. The summed E-state index contributed by atoms with van der Waals surface area (Å²) in [6.07, 6.45) is 1.44. The fourth-order valence-electron chi connectivity index (χ4n) is 3.70. The lowest BCUT2D eigenvalue weighted by atomic mass is 10.1. The second kappa shape index (κ2) is 11.1. The Hall–Kier alpha value is -3.37. The van der Waals surface area contributed by atoms with Gasteiger partial charge in [-0.1, -0.05) is 48.0 Å². The number of halogens is 2. The molecule has 3 aromatic carbocycles. The number of para-hydroxylation sites is 1. The van der Waals surface area contributed by atoms with Gasteiger partial charge in [-0.25, -0.2) is 9.69 Å². The van der Waals surface area contributed by atoms with E-state index in [4.69, 9.17) is 21.1 Å². The zero-order valence-corrected chi connectivity index (χ0v) is 22.4. The number of amides is 4. The van der Waals surface area contributed by atoms with E-state index in [0.717, 1.165) is 16.0 Å².